The number of hydrogen-bond donors (Lipinski definition) is 2. The number of carbonyl (C=O) groups excluding carboxylic acids is 1. The van der Waals surface area contributed by atoms with E-state index in [9.17, 15) is 9.90 Å². The van der Waals surface area contributed by atoms with E-state index < -0.39 is 0 Å². The molecule has 0 spiro atoms. The quantitative estimate of drug-likeness (QED) is 0.491. The van der Waals surface area contributed by atoms with Crippen molar-refractivity contribution in [3.05, 3.63) is 71.3 Å². The molecule has 0 saturated heterocycles. The van der Waals surface area contributed by atoms with Crippen molar-refractivity contribution in [3.8, 4) is 11.5 Å². The predicted molar refractivity (Wildman–Crippen MR) is 112 cm³/mol. The summed E-state index contributed by atoms with van der Waals surface area (Å²) in [5.41, 5.74) is 5.14. The minimum atomic E-state index is -0.368. The Kier molecular flexibility index (Phi) is 5.94. The van der Waals surface area contributed by atoms with Gasteiger partial charge < -0.3 is 9.84 Å². The molecular formula is C23H24N2O3. The Hall–Kier alpha value is -3.34. The molecule has 0 aromatic heterocycles. The third-order valence-electron chi connectivity index (χ3n) is 4.48. The largest absolute Gasteiger partial charge is 0.507 e. The maximum absolute atomic E-state index is 12.1. The second-order valence-corrected chi connectivity index (χ2v) is 7.00. The number of aryl methyl sites for hydroxylation is 1. The summed E-state index contributed by atoms with van der Waals surface area (Å²) in [5, 5.41) is 15.9. The zero-order valence-corrected chi connectivity index (χ0v) is 16.3. The summed E-state index contributed by atoms with van der Waals surface area (Å²) in [5.74, 6) is 0.744. The van der Waals surface area contributed by atoms with E-state index in [4.69, 9.17) is 4.74 Å². The van der Waals surface area contributed by atoms with Crippen molar-refractivity contribution < 1.29 is 14.6 Å². The number of hydrazone groups is 1. The van der Waals surface area contributed by atoms with Crippen LogP contribution in [0.1, 0.15) is 36.5 Å². The highest BCUT2D eigenvalue weighted by Crippen LogP contribution is 2.27. The molecule has 0 radical (unpaired) electrons. The summed E-state index contributed by atoms with van der Waals surface area (Å²) < 4.78 is 5.70. The molecule has 0 bridgehead atoms. The molecule has 3 aromatic carbocycles. The normalized spacial score (nSPS) is 11.3. The van der Waals surface area contributed by atoms with E-state index in [1.807, 2.05) is 55.5 Å². The van der Waals surface area contributed by atoms with Crippen LogP contribution in [0.3, 0.4) is 0 Å². The lowest BCUT2D eigenvalue weighted by molar-refractivity contribution is -0.123. The molecule has 0 unspecified atom stereocenters. The van der Waals surface area contributed by atoms with Gasteiger partial charge in [0.05, 0.1) is 6.21 Å². The number of ether oxygens (including phenoxy) is 1. The number of phenols is 1. The van der Waals surface area contributed by atoms with Crippen molar-refractivity contribution in [1.82, 2.24) is 5.43 Å². The summed E-state index contributed by atoms with van der Waals surface area (Å²) in [6.07, 6.45) is 1.45. The van der Waals surface area contributed by atoms with Crippen LogP contribution in [0.4, 0.5) is 0 Å². The summed E-state index contributed by atoms with van der Waals surface area (Å²) in [7, 11) is 0. The number of carbonyl (C=O) groups is 1. The second-order valence-electron chi connectivity index (χ2n) is 7.00. The first kappa shape index (κ1) is 19.4. The third kappa shape index (κ3) is 4.49. The van der Waals surface area contributed by atoms with Crippen molar-refractivity contribution in [2.24, 2.45) is 5.10 Å². The first-order chi connectivity index (χ1) is 13.5. The number of nitrogens with zero attached hydrogens (tertiary/aromatic N) is 1. The number of aromatic hydroxyl groups is 1. The fraction of sp³-hybridized carbons (Fsp3) is 0.217. The van der Waals surface area contributed by atoms with Crippen LogP contribution in [-0.4, -0.2) is 23.8 Å². The molecule has 0 aliphatic rings. The fourth-order valence-corrected chi connectivity index (χ4v) is 3.01. The van der Waals surface area contributed by atoms with Crippen molar-refractivity contribution in [2.45, 2.75) is 26.7 Å². The van der Waals surface area contributed by atoms with Crippen LogP contribution >= 0.6 is 0 Å². The number of fused-ring (bicyclic) bond motifs is 1. The van der Waals surface area contributed by atoms with Crippen molar-refractivity contribution in [2.75, 3.05) is 6.61 Å². The molecule has 28 heavy (non-hydrogen) atoms. The topological polar surface area (TPSA) is 70.9 Å². The maximum atomic E-state index is 12.1. The number of amides is 1. The molecule has 5 nitrogen and oxygen atoms in total. The van der Waals surface area contributed by atoms with E-state index >= 15 is 0 Å². The van der Waals surface area contributed by atoms with Gasteiger partial charge in [-0.15, -0.1) is 0 Å². The predicted octanol–water partition coefficient (Wildman–Crippen LogP) is 4.51. The van der Waals surface area contributed by atoms with E-state index in [1.54, 1.807) is 6.07 Å². The smallest absolute Gasteiger partial charge is 0.277 e. The molecule has 2 N–H and O–H groups in total. The summed E-state index contributed by atoms with van der Waals surface area (Å²) in [6.45, 7) is 6.01. The van der Waals surface area contributed by atoms with Crippen molar-refractivity contribution in [3.63, 3.8) is 0 Å². The standard InChI is InChI=1S/C23H24N2O3/c1-15(2)18-10-8-16(3)12-22(18)28-14-23(27)25-24-13-20-19-7-5-4-6-17(19)9-11-21(20)26/h4-13,15,26H,14H2,1-3H3,(H,25,27). The first-order valence-electron chi connectivity index (χ1n) is 9.21. The molecule has 5 heteroatoms. The molecule has 1 amide bonds. The first-order valence-corrected chi connectivity index (χ1v) is 9.21. The lowest BCUT2D eigenvalue weighted by Crippen LogP contribution is -2.25. The van der Waals surface area contributed by atoms with Crippen LogP contribution in [0.5, 0.6) is 11.5 Å². The Labute approximate surface area is 164 Å². The van der Waals surface area contributed by atoms with Gasteiger partial charge in [-0.2, -0.15) is 5.10 Å². The van der Waals surface area contributed by atoms with Gasteiger partial charge >= 0.3 is 0 Å². The molecule has 0 atom stereocenters. The molecule has 3 aromatic rings. The highest BCUT2D eigenvalue weighted by Gasteiger charge is 2.10. The average Bonchev–Trinajstić information content (AvgIpc) is 2.68. The summed E-state index contributed by atoms with van der Waals surface area (Å²) in [4.78, 5) is 12.1. The molecule has 0 aliphatic carbocycles. The number of benzene rings is 3. The van der Waals surface area contributed by atoms with Gasteiger partial charge in [-0.25, -0.2) is 5.43 Å². The molecule has 0 heterocycles. The Morgan fingerprint density at radius 3 is 2.75 bits per heavy atom. The number of nitrogens with one attached hydrogen (secondary N) is 1. The fourth-order valence-electron chi connectivity index (χ4n) is 3.01. The highest BCUT2D eigenvalue weighted by molar-refractivity contribution is 6.02. The minimum absolute atomic E-state index is 0.106. The average molecular weight is 376 g/mol. The van der Waals surface area contributed by atoms with Gasteiger partial charge in [0.25, 0.3) is 5.91 Å². The van der Waals surface area contributed by atoms with Crippen LogP contribution in [0, 0.1) is 6.92 Å². The Morgan fingerprint density at radius 1 is 1.18 bits per heavy atom. The molecule has 0 fully saturated rings. The van der Waals surface area contributed by atoms with Crippen LogP contribution in [0.2, 0.25) is 0 Å². The van der Waals surface area contributed by atoms with Gasteiger partial charge in [-0.05, 0) is 46.9 Å². The van der Waals surface area contributed by atoms with Gasteiger partial charge in [0.2, 0.25) is 0 Å². The van der Waals surface area contributed by atoms with Gasteiger partial charge in [0.15, 0.2) is 6.61 Å². The lowest BCUT2D eigenvalue weighted by Gasteiger charge is -2.14. The van der Waals surface area contributed by atoms with E-state index in [-0.39, 0.29) is 18.3 Å². The zero-order valence-electron chi connectivity index (χ0n) is 16.3. The van der Waals surface area contributed by atoms with E-state index in [2.05, 4.69) is 24.4 Å². The molecule has 3 rings (SSSR count). The highest BCUT2D eigenvalue weighted by atomic mass is 16.5. The molecule has 0 aliphatic heterocycles. The number of phenolic OH excluding ortho intramolecular Hbond substituents is 1. The number of rotatable bonds is 6. The van der Waals surface area contributed by atoms with Crippen LogP contribution < -0.4 is 10.2 Å². The lowest BCUT2D eigenvalue weighted by atomic mass is 10.0. The van der Waals surface area contributed by atoms with E-state index in [1.165, 1.54) is 6.21 Å². The SMILES string of the molecule is Cc1ccc(C(C)C)c(OCC(=O)NN=Cc2c(O)ccc3ccccc23)c1. The van der Waals surface area contributed by atoms with Gasteiger partial charge in [-0.1, -0.05) is 56.3 Å². The maximum Gasteiger partial charge on any atom is 0.277 e. The minimum Gasteiger partial charge on any atom is -0.507 e. The number of hydrogen-bond acceptors (Lipinski definition) is 4. The third-order valence-corrected chi connectivity index (χ3v) is 4.48. The van der Waals surface area contributed by atoms with Crippen LogP contribution in [0.15, 0.2) is 59.7 Å². The van der Waals surface area contributed by atoms with Crippen molar-refractivity contribution >= 4 is 22.9 Å². The van der Waals surface area contributed by atoms with E-state index in [0.717, 1.165) is 21.9 Å². The van der Waals surface area contributed by atoms with Crippen LogP contribution in [0.25, 0.3) is 10.8 Å². The van der Waals surface area contributed by atoms with Gasteiger partial charge in [0, 0.05) is 5.56 Å². The summed E-state index contributed by atoms with van der Waals surface area (Å²) in [6, 6.07) is 17.1. The van der Waals surface area contributed by atoms with E-state index in [0.29, 0.717) is 17.2 Å². The molecule has 0 saturated carbocycles. The molecule has 144 valence electrons. The van der Waals surface area contributed by atoms with Gasteiger partial charge in [-0.3, -0.25) is 4.79 Å². The summed E-state index contributed by atoms with van der Waals surface area (Å²) >= 11 is 0. The Morgan fingerprint density at radius 2 is 1.96 bits per heavy atom. The van der Waals surface area contributed by atoms with Crippen LogP contribution in [-0.2, 0) is 4.79 Å². The zero-order chi connectivity index (χ0) is 20.1. The van der Waals surface area contributed by atoms with Gasteiger partial charge in [0.1, 0.15) is 11.5 Å². The monoisotopic (exact) mass is 376 g/mol. The Balaban J connectivity index is 1.66. The second kappa shape index (κ2) is 8.57. The van der Waals surface area contributed by atoms with Crippen molar-refractivity contribution in [1.29, 1.82) is 0 Å². The Bertz CT molecular complexity index is 1030. The molecular weight excluding hydrogens is 352 g/mol.